The van der Waals surface area contributed by atoms with Crippen molar-refractivity contribution in [3.63, 3.8) is 0 Å². The summed E-state index contributed by atoms with van der Waals surface area (Å²) >= 11 is 0. The number of non-ortho nitro benzene ring substituents is 1. The van der Waals surface area contributed by atoms with Crippen LogP contribution in [0.3, 0.4) is 0 Å². The number of nitrogens with one attached hydrogen (secondary N) is 1. The highest BCUT2D eigenvalue weighted by Crippen LogP contribution is 2.15. The van der Waals surface area contributed by atoms with Gasteiger partial charge in [-0.05, 0) is 25.0 Å². The van der Waals surface area contributed by atoms with Crippen molar-refractivity contribution >= 4 is 23.3 Å². The Kier molecular flexibility index (Phi) is 7.52. The van der Waals surface area contributed by atoms with Crippen LogP contribution in [0.5, 0.6) is 0 Å². The summed E-state index contributed by atoms with van der Waals surface area (Å²) in [6, 6.07) is 6.02. The fourth-order valence-corrected chi connectivity index (χ4v) is 2.06. The third kappa shape index (κ3) is 6.77. The Balaban J connectivity index is 2.36. The van der Waals surface area contributed by atoms with E-state index in [0.29, 0.717) is 25.9 Å². The lowest BCUT2D eigenvalue weighted by atomic mass is 10.2. The van der Waals surface area contributed by atoms with Gasteiger partial charge in [-0.15, -0.1) is 0 Å². The summed E-state index contributed by atoms with van der Waals surface area (Å²) in [4.78, 5) is 34.1. The van der Waals surface area contributed by atoms with Gasteiger partial charge in [0.25, 0.3) is 5.69 Å². The predicted octanol–water partition coefficient (Wildman–Crippen LogP) is 2.11. The molecule has 1 amide bonds. The number of carboxylic acid groups (broad SMARTS) is 1. The third-order valence-electron chi connectivity index (χ3n) is 3.15. The fourth-order valence-electron chi connectivity index (χ4n) is 2.06. The third-order valence-corrected chi connectivity index (χ3v) is 3.15. The standard InChI is InChI=1S/C15H21N3O5/c1-2-10-17(11-15(20)21)14(19)4-3-9-16-12-5-7-13(8-6-12)18(22)23/h5-8,16H,2-4,9-11H2,1H3,(H,20,21). The number of hydrogen-bond donors (Lipinski definition) is 2. The van der Waals surface area contributed by atoms with E-state index in [9.17, 15) is 19.7 Å². The van der Waals surface area contributed by atoms with Gasteiger partial charge in [-0.1, -0.05) is 6.92 Å². The molecule has 0 atom stereocenters. The number of aliphatic carboxylic acids is 1. The van der Waals surface area contributed by atoms with Crippen LogP contribution in [0.15, 0.2) is 24.3 Å². The molecule has 1 aromatic carbocycles. The number of carboxylic acids is 1. The summed E-state index contributed by atoms with van der Waals surface area (Å²) in [6.45, 7) is 2.57. The SMILES string of the molecule is CCCN(CC(=O)O)C(=O)CCCNc1ccc([N+](=O)[O-])cc1. The summed E-state index contributed by atoms with van der Waals surface area (Å²) in [6.07, 6.45) is 1.52. The number of carbonyl (C=O) groups excluding carboxylic acids is 1. The van der Waals surface area contributed by atoms with Gasteiger partial charge in [0.15, 0.2) is 0 Å². The maximum Gasteiger partial charge on any atom is 0.323 e. The Bertz CT molecular complexity index is 545. The lowest BCUT2D eigenvalue weighted by Gasteiger charge is -2.19. The molecule has 0 fully saturated rings. The molecular formula is C15H21N3O5. The van der Waals surface area contributed by atoms with Crippen LogP contribution in [-0.2, 0) is 9.59 Å². The fraction of sp³-hybridized carbons (Fsp3) is 0.467. The number of nitrogens with zero attached hydrogens (tertiary/aromatic N) is 2. The number of rotatable bonds is 10. The van der Waals surface area contributed by atoms with Crippen molar-refractivity contribution in [1.29, 1.82) is 0 Å². The molecule has 1 rings (SSSR count). The molecule has 0 aromatic heterocycles. The molecule has 23 heavy (non-hydrogen) atoms. The normalized spacial score (nSPS) is 10.1. The molecule has 0 aliphatic carbocycles. The Labute approximate surface area is 134 Å². The summed E-state index contributed by atoms with van der Waals surface area (Å²) in [7, 11) is 0. The summed E-state index contributed by atoms with van der Waals surface area (Å²) < 4.78 is 0. The number of hydrogen-bond acceptors (Lipinski definition) is 5. The van der Waals surface area contributed by atoms with Crippen LogP contribution in [-0.4, -0.2) is 46.4 Å². The van der Waals surface area contributed by atoms with Crippen molar-refractivity contribution in [2.24, 2.45) is 0 Å². The second-order valence-corrected chi connectivity index (χ2v) is 5.04. The second kappa shape index (κ2) is 9.39. The molecule has 0 bridgehead atoms. The van der Waals surface area contributed by atoms with Gasteiger partial charge in [0, 0.05) is 37.3 Å². The first-order valence-electron chi connectivity index (χ1n) is 7.42. The van der Waals surface area contributed by atoms with E-state index in [1.54, 1.807) is 12.1 Å². The number of anilines is 1. The number of nitro benzene ring substituents is 1. The van der Waals surface area contributed by atoms with Crippen molar-refractivity contribution in [2.75, 3.05) is 25.0 Å². The van der Waals surface area contributed by atoms with E-state index in [4.69, 9.17) is 5.11 Å². The molecule has 0 radical (unpaired) electrons. The molecule has 0 unspecified atom stereocenters. The molecule has 8 nitrogen and oxygen atoms in total. The molecular weight excluding hydrogens is 302 g/mol. The number of benzene rings is 1. The first kappa shape index (κ1) is 18.4. The van der Waals surface area contributed by atoms with Gasteiger partial charge in [0.1, 0.15) is 6.54 Å². The molecule has 126 valence electrons. The van der Waals surface area contributed by atoms with E-state index >= 15 is 0 Å². The largest absolute Gasteiger partial charge is 0.480 e. The van der Waals surface area contributed by atoms with Gasteiger partial charge in [0.2, 0.25) is 5.91 Å². The Morgan fingerprint density at radius 2 is 1.96 bits per heavy atom. The lowest BCUT2D eigenvalue weighted by molar-refractivity contribution is -0.384. The summed E-state index contributed by atoms with van der Waals surface area (Å²) in [5, 5.41) is 22.4. The molecule has 0 spiro atoms. The average Bonchev–Trinajstić information content (AvgIpc) is 2.51. The van der Waals surface area contributed by atoms with Crippen molar-refractivity contribution < 1.29 is 19.6 Å². The zero-order valence-electron chi connectivity index (χ0n) is 13.0. The molecule has 8 heteroatoms. The highest BCUT2D eigenvalue weighted by Gasteiger charge is 2.15. The van der Waals surface area contributed by atoms with E-state index in [2.05, 4.69) is 5.32 Å². The van der Waals surface area contributed by atoms with Crippen molar-refractivity contribution in [3.8, 4) is 0 Å². The van der Waals surface area contributed by atoms with E-state index < -0.39 is 10.9 Å². The maximum absolute atomic E-state index is 12.0. The van der Waals surface area contributed by atoms with E-state index in [0.717, 1.165) is 5.69 Å². The molecule has 0 saturated carbocycles. The van der Waals surface area contributed by atoms with Crippen molar-refractivity contribution in [2.45, 2.75) is 26.2 Å². The van der Waals surface area contributed by atoms with Gasteiger partial charge >= 0.3 is 5.97 Å². The smallest absolute Gasteiger partial charge is 0.323 e. The van der Waals surface area contributed by atoms with Crippen LogP contribution < -0.4 is 5.32 Å². The monoisotopic (exact) mass is 323 g/mol. The highest BCUT2D eigenvalue weighted by atomic mass is 16.6. The van der Waals surface area contributed by atoms with Gasteiger partial charge in [0.05, 0.1) is 4.92 Å². The maximum atomic E-state index is 12.0. The van der Waals surface area contributed by atoms with Gasteiger partial charge in [-0.3, -0.25) is 19.7 Å². The number of carbonyl (C=O) groups is 2. The molecule has 2 N–H and O–H groups in total. The van der Waals surface area contributed by atoms with Crippen LogP contribution in [0.1, 0.15) is 26.2 Å². The van der Waals surface area contributed by atoms with Crippen LogP contribution >= 0.6 is 0 Å². The second-order valence-electron chi connectivity index (χ2n) is 5.04. The Morgan fingerprint density at radius 3 is 2.48 bits per heavy atom. The van der Waals surface area contributed by atoms with Crippen LogP contribution in [0.2, 0.25) is 0 Å². The minimum absolute atomic E-state index is 0.0228. The zero-order chi connectivity index (χ0) is 17.2. The Hall–Kier alpha value is -2.64. The van der Waals surface area contributed by atoms with Crippen LogP contribution in [0.4, 0.5) is 11.4 Å². The van der Waals surface area contributed by atoms with E-state index in [-0.39, 0.29) is 24.6 Å². The molecule has 1 aromatic rings. The van der Waals surface area contributed by atoms with Crippen molar-refractivity contribution in [3.05, 3.63) is 34.4 Å². The van der Waals surface area contributed by atoms with Crippen LogP contribution in [0, 0.1) is 10.1 Å². The van der Waals surface area contributed by atoms with Gasteiger partial charge in [-0.25, -0.2) is 0 Å². The quantitative estimate of drug-likeness (QED) is 0.387. The molecule has 0 heterocycles. The van der Waals surface area contributed by atoms with Gasteiger partial charge in [-0.2, -0.15) is 0 Å². The topological polar surface area (TPSA) is 113 Å². The minimum atomic E-state index is -1.02. The van der Waals surface area contributed by atoms with E-state index in [1.807, 2.05) is 6.92 Å². The molecule has 0 aliphatic heterocycles. The van der Waals surface area contributed by atoms with E-state index in [1.165, 1.54) is 17.0 Å². The molecule has 0 saturated heterocycles. The average molecular weight is 323 g/mol. The zero-order valence-corrected chi connectivity index (χ0v) is 13.0. The van der Waals surface area contributed by atoms with Crippen LogP contribution in [0.25, 0.3) is 0 Å². The van der Waals surface area contributed by atoms with Gasteiger partial charge < -0.3 is 15.3 Å². The molecule has 0 aliphatic rings. The number of amides is 1. The number of nitro groups is 1. The highest BCUT2D eigenvalue weighted by molar-refractivity contribution is 5.81. The summed E-state index contributed by atoms with van der Waals surface area (Å²) in [5.41, 5.74) is 0.758. The minimum Gasteiger partial charge on any atom is -0.480 e. The first-order valence-corrected chi connectivity index (χ1v) is 7.42. The van der Waals surface area contributed by atoms with Crippen molar-refractivity contribution in [1.82, 2.24) is 4.90 Å². The lowest BCUT2D eigenvalue weighted by Crippen LogP contribution is -2.36. The first-order chi connectivity index (χ1) is 10.9. The Morgan fingerprint density at radius 1 is 1.30 bits per heavy atom. The summed E-state index contributed by atoms with van der Waals surface area (Å²) in [5.74, 6) is -1.20. The predicted molar refractivity (Wildman–Crippen MR) is 85.3 cm³/mol.